The van der Waals surface area contributed by atoms with Crippen LogP contribution in [0.5, 0.6) is 11.6 Å². The van der Waals surface area contributed by atoms with Gasteiger partial charge in [0.15, 0.2) is 5.75 Å². The zero-order valence-electron chi connectivity index (χ0n) is 20.9. The molecule has 0 aliphatic carbocycles. The number of aromatic nitrogens is 3. The summed E-state index contributed by atoms with van der Waals surface area (Å²) in [4.78, 5) is 27.2. The smallest absolute Gasteiger partial charge is 0.330 e. The third kappa shape index (κ3) is 8.15. The number of esters is 1. The second-order valence-corrected chi connectivity index (χ2v) is 8.40. The number of unbranched alkanes of at least 4 members (excludes halogenated alkanes) is 1. The van der Waals surface area contributed by atoms with E-state index in [-0.39, 0.29) is 12.1 Å². The van der Waals surface area contributed by atoms with Gasteiger partial charge in [-0.15, -0.1) is 0 Å². The van der Waals surface area contributed by atoms with Crippen LogP contribution in [0.3, 0.4) is 0 Å². The lowest BCUT2D eigenvalue weighted by molar-refractivity contribution is -0.141. The van der Waals surface area contributed by atoms with Crippen molar-refractivity contribution in [1.82, 2.24) is 15.0 Å². The lowest BCUT2D eigenvalue weighted by atomic mass is 10.0. The molecule has 7 heteroatoms. The Bertz CT molecular complexity index is 914. The van der Waals surface area contributed by atoms with Crippen LogP contribution in [0.1, 0.15) is 71.1 Å². The van der Waals surface area contributed by atoms with Crippen molar-refractivity contribution >= 4 is 11.8 Å². The number of anilines is 1. The molecule has 0 aliphatic heterocycles. The van der Waals surface area contributed by atoms with Crippen LogP contribution in [0, 0.1) is 6.92 Å². The summed E-state index contributed by atoms with van der Waals surface area (Å²) in [6, 6.07) is 4.09. The number of rotatable bonds is 13. The summed E-state index contributed by atoms with van der Waals surface area (Å²) < 4.78 is 11.3. The Hall–Kier alpha value is -2.96. The van der Waals surface area contributed by atoms with Crippen LogP contribution in [0.4, 0.5) is 5.82 Å². The van der Waals surface area contributed by atoms with Crippen LogP contribution < -0.4 is 9.64 Å². The molecule has 0 radical (unpaired) electrons. The monoisotopic (exact) mass is 454 g/mol. The SMILES string of the molecule is CCCC(CCCC=CC(=O)OC(C)C)N(C)c1ncnc(Oc2cccnc2C)c1CC. The number of pyridine rings is 1. The molecule has 33 heavy (non-hydrogen) atoms. The molecule has 0 saturated carbocycles. The molecular weight excluding hydrogens is 416 g/mol. The molecule has 0 spiro atoms. The van der Waals surface area contributed by atoms with E-state index in [9.17, 15) is 4.79 Å². The fraction of sp³-hybridized carbons (Fsp3) is 0.538. The summed E-state index contributed by atoms with van der Waals surface area (Å²) in [5, 5.41) is 0. The Balaban J connectivity index is 2.10. The Morgan fingerprint density at radius 3 is 2.64 bits per heavy atom. The molecule has 0 saturated heterocycles. The molecule has 7 nitrogen and oxygen atoms in total. The molecule has 0 N–H and O–H groups in total. The first kappa shape index (κ1) is 26.3. The van der Waals surface area contributed by atoms with Gasteiger partial charge >= 0.3 is 5.97 Å². The van der Waals surface area contributed by atoms with E-state index in [0.717, 1.165) is 55.6 Å². The van der Waals surface area contributed by atoms with Gasteiger partial charge in [-0.25, -0.2) is 14.8 Å². The molecule has 2 heterocycles. The molecule has 0 amide bonds. The van der Waals surface area contributed by atoms with Crippen molar-refractivity contribution in [2.45, 2.75) is 85.3 Å². The van der Waals surface area contributed by atoms with Gasteiger partial charge in [0.05, 0.1) is 17.4 Å². The summed E-state index contributed by atoms with van der Waals surface area (Å²) in [5.74, 6) is 1.90. The largest absolute Gasteiger partial charge is 0.460 e. The van der Waals surface area contributed by atoms with Crippen LogP contribution in [0.15, 0.2) is 36.8 Å². The molecule has 0 aliphatic rings. The van der Waals surface area contributed by atoms with Crippen LogP contribution in [0.25, 0.3) is 0 Å². The first-order chi connectivity index (χ1) is 15.9. The zero-order valence-corrected chi connectivity index (χ0v) is 20.9. The highest BCUT2D eigenvalue weighted by Gasteiger charge is 2.21. The highest BCUT2D eigenvalue weighted by molar-refractivity contribution is 5.81. The van der Waals surface area contributed by atoms with E-state index in [2.05, 4.69) is 40.7 Å². The molecule has 2 rings (SSSR count). The van der Waals surface area contributed by atoms with E-state index in [0.29, 0.717) is 17.7 Å². The second kappa shape index (κ2) is 13.6. The van der Waals surface area contributed by atoms with Crippen molar-refractivity contribution in [2.24, 2.45) is 0 Å². The first-order valence-electron chi connectivity index (χ1n) is 11.9. The third-order valence-corrected chi connectivity index (χ3v) is 5.42. The van der Waals surface area contributed by atoms with Gasteiger partial charge in [-0.3, -0.25) is 4.98 Å². The highest BCUT2D eigenvalue weighted by atomic mass is 16.5. The lowest BCUT2D eigenvalue weighted by Gasteiger charge is -2.30. The van der Waals surface area contributed by atoms with E-state index in [1.54, 1.807) is 12.5 Å². The predicted molar refractivity (Wildman–Crippen MR) is 132 cm³/mol. The summed E-state index contributed by atoms with van der Waals surface area (Å²) in [6.07, 6.45) is 12.4. The lowest BCUT2D eigenvalue weighted by Crippen LogP contribution is -2.33. The molecule has 0 bridgehead atoms. The molecule has 1 unspecified atom stereocenters. The Morgan fingerprint density at radius 2 is 1.97 bits per heavy atom. The number of hydrogen-bond acceptors (Lipinski definition) is 7. The molecule has 0 fully saturated rings. The Labute approximate surface area is 198 Å². The first-order valence-corrected chi connectivity index (χ1v) is 11.9. The zero-order chi connectivity index (χ0) is 24.2. The van der Waals surface area contributed by atoms with Crippen molar-refractivity contribution in [3.8, 4) is 11.6 Å². The van der Waals surface area contributed by atoms with Gasteiger partial charge in [-0.1, -0.05) is 26.3 Å². The molecular formula is C26H38N4O3. The van der Waals surface area contributed by atoms with Gasteiger partial charge in [0.2, 0.25) is 5.88 Å². The Morgan fingerprint density at radius 1 is 1.18 bits per heavy atom. The van der Waals surface area contributed by atoms with Gasteiger partial charge in [0, 0.05) is 25.4 Å². The number of aryl methyl sites for hydroxylation is 1. The van der Waals surface area contributed by atoms with Gasteiger partial charge in [0.1, 0.15) is 12.1 Å². The molecule has 180 valence electrons. The molecule has 1 atom stereocenters. The van der Waals surface area contributed by atoms with Crippen LogP contribution in [-0.2, 0) is 16.0 Å². The van der Waals surface area contributed by atoms with Crippen molar-refractivity contribution in [3.05, 3.63) is 48.1 Å². The summed E-state index contributed by atoms with van der Waals surface area (Å²) in [7, 11) is 2.09. The van der Waals surface area contributed by atoms with Gasteiger partial charge in [-0.05, 0) is 65.0 Å². The number of allylic oxidation sites excluding steroid dienone is 1. The van der Waals surface area contributed by atoms with Crippen molar-refractivity contribution in [2.75, 3.05) is 11.9 Å². The maximum atomic E-state index is 11.7. The normalized spacial score (nSPS) is 12.2. The van der Waals surface area contributed by atoms with Gasteiger partial charge < -0.3 is 14.4 Å². The van der Waals surface area contributed by atoms with Gasteiger partial charge in [-0.2, -0.15) is 0 Å². The minimum atomic E-state index is -0.280. The van der Waals surface area contributed by atoms with E-state index in [1.165, 1.54) is 6.08 Å². The summed E-state index contributed by atoms with van der Waals surface area (Å²) in [5.41, 5.74) is 1.81. The number of hydrogen-bond donors (Lipinski definition) is 0. The minimum Gasteiger partial charge on any atom is -0.460 e. The van der Waals surface area contributed by atoms with E-state index in [1.807, 2.05) is 39.0 Å². The number of carbonyl (C=O) groups excluding carboxylic acids is 1. The van der Waals surface area contributed by atoms with Crippen molar-refractivity contribution in [3.63, 3.8) is 0 Å². The maximum absolute atomic E-state index is 11.7. The van der Waals surface area contributed by atoms with Crippen LogP contribution in [-0.4, -0.2) is 40.1 Å². The highest BCUT2D eigenvalue weighted by Crippen LogP contribution is 2.31. The topological polar surface area (TPSA) is 77.4 Å². The van der Waals surface area contributed by atoms with E-state index < -0.39 is 0 Å². The quantitative estimate of drug-likeness (QED) is 0.214. The number of ether oxygens (including phenoxy) is 2. The molecule has 2 aromatic rings. The van der Waals surface area contributed by atoms with E-state index in [4.69, 9.17) is 9.47 Å². The minimum absolute atomic E-state index is 0.0960. The fourth-order valence-corrected chi connectivity index (χ4v) is 3.73. The second-order valence-electron chi connectivity index (χ2n) is 8.40. The predicted octanol–water partition coefficient (Wildman–Crippen LogP) is 5.82. The maximum Gasteiger partial charge on any atom is 0.330 e. The van der Waals surface area contributed by atoms with E-state index >= 15 is 0 Å². The average molecular weight is 455 g/mol. The summed E-state index contributed by atoms with van der Waals surface area (Å²) >= 11 is 0. The number of carbonyl (C=O) groups is 1. The van der Waals surface area contributed by atoms with Crippen LogP contribution in [0.2, 0.25) is 0 Å². The van der Waals surface area contributed by atoms with Crippen LogP contribution >= 0.6 is 0 Å². The van der Waals surface area contributed by atoms with Crippen molar-refractivity contribution < 1.29 is 14.3 Å². The standard InChI is InChI=1S/C26H38N4O3/c1-7-13-21(14-10-9-11-16-24(31)32-19(3)4)30(6)25-22(8-2)26(29-18-28-25)33-23-15-12-17-27-20(23)5/h11-12,15-19,21H,7-10,13-14H2,1-6H3. The fourth-order valence-electron chi connectivity index (χ4n) is 3.73. The third-order valence-electron chi connectivity index (χ3n) is 5.42. The van der Waals surface area contributed by atoms with Gasteiger partial charge in [0.25, 0.3) is 0 Å². The average Bonchev–Trinajstić information content (AvgIpc) is 2.78. The molecule has 2 aromatic heterocycles. The summed E-state index contributed by atoms with van der Waals surface area (Å²) in [6.45, 7) is 9.91. The van der Waals surface area contributed by atoms with Crippen molar-refractivity contribution in [1.29, 1.82) is 0 Å². The number of nitrogens with zero attached hydrogens (tertiary/aromatic N) is 4. The molecule has 0 aromatic carbocycles. The Kier molecular flexibility index (Phi) is 10.8.